The van der Waals surface area contributed by atoms with Crippen molar-refractivity contribution in [1.82, 2.24) is 61.2 Å². The number of aromatic nitrogens is 6. The molecule has 1 aliphatic rings. The molecule has 3 atom stereocenters. The Morgan fingerprint density at radius 3 is 1.22 bits per heavy atom. The third-order valence-electron chi connectivity index (χ3n) is 13.4. The molecule has 0 aliphatic carbocycles. The number of nitrogens with zero attached hydrogens (tertiary/aromatic N) is 9. The number of hydrogen-bond donors (Lipinski definition) is 5. The first-order valence-corrected chi connectivity index (χ1v) is 33.2. The number of nitrogens with one attached hydrogen (secondary N) is 4. The van der Waals surface area contributed by atoms with E-state index in [4.69, 9.17) is 50.6 Å². The summed E-state index contributed by atoms with van der Waals surface area (Å²) in [5.41, 5.74) is 9.89. The topological polar surface area (TPSA) is 358 Å². The maximum atomic E-state index is 12.5. The van der Waals surface area contributed by atoms with E-state index in [0.717, 1.165) is 50.5 Å². The van der Waals surface area contributed by atoms with Crippen LogP contribution < -0.4 is 174 Å². The summed E-state index contributed by atoms with van der Waals surface area (Å²) >= 11 is 5.59. The summed E-state index contributed by atoms with van der Waals surface area (Å²) in [4.78, 5) is 80.0. The van der Waals surface area contributed by atoms with Crippen molar-refractivity contribution in [2.24, 2.45) is 0 Å². The van der Waals surface area contributed by atoms with Crippen molar-refractivity contribution in [3.8, 4) is 45.8 Å². The van der Waals surface area contributed by atoms with Crippen molar-refractivity contribution in [2.45, 2.75) is 144 Å². The fourth-order valence-electron chi connectivity index (χ4n) is 8.94. The van der Waals surface area contributed by atoms with E-state index in [2.05, 4.69) is 58.9 Å². The summed E-state index contributed by atoms with van der Waals surface area (Å²) in [7, 11) is 5.54. The van der Waals surface area contributed by atoms with E-state index >= 15 is 0 Å². The Bertz CT molecular complexity index is 3980. The Balaban J connectivity index is 0.00000143. The summed E-state index contributed by atoms with van der Waals surface area (Å²) in [5, 5.41) is 53.2. The van der Waals surface area contributed by atoms with Gasteiger partial charge in [-0.15, -0.1) is 27.3 Å². The number of carbonyl (C=O) groups excluding carboxylic acids is 7. The Labute approximate surface area is 758 Å². The van der Waals surface area contributed by atoms with Crippen LogP contribution in [0.3, 0.4) is 0 Å². The zero-order chi connectivity index (χ0) is 77.2. The number of nitriles is 1. The quantitative estimate of drug-likeness (QED) is 0.00850. The van der Waals surface area contributed by atoms with Crippen molar-refractivity contribution < 1.29 is 212 Å². The second-order valence-corrected chi connectivity index (χ2v) is 25.6. The number of carbonyl (C=O) groups is 7. The molecule has 0 saturated heterocycles. The fourth-order valence-corrected chi connectivity index (χ4v) is 9.05. The number of hydrogen-bond acceptors (Lipinski definition) is 26. The standard InChI is InChI=1S/C24H30BN4O4.C23H26BN4O4.C14H19BNO4.C9H8ClN3.C2H3N.CH2O3.CH4.2Cs.H/c1-24(2,3)33-23(31)21(26-25-16-30)14-18-10-12-20(13-11-18)32-17-29-15-22(28(4)27-29)19-8-6-5-7-9-19;1-23(2,3)32-22(30)20(25-24-15-29)13-17-9-11-19(12-10-17)31-16-28-14-21(26-27-28)18-7-5-4-6-8-18;1-14(2,3)20-13(19)12(16-15-9-17)8-10-4-6-11(18)7-5-10;10-7-13-6-9(11-12-13)8-4-2-1-3-5-8;1-2-3;2-1-4-3;;;;/h5-13,15-16,21,26-27H,14,17H2,1-4H3;4-12,14-15,20,25H,13,16H2,1-3H3;4-7,9,12,16,18H,8H2,1-3H3;1-6H,7H2;1H3;1,3H;1H4;;;/q;;;;;;;2*+1;-1/p-1/t21-;20-;12-;;;;;;;/m000......./s1. The number of rotatable bonds is 29. The van der Waals surface area contributed by atoms with Crippen molar-refractivity contribution >= 4 is 82.5 Å². The average molecular weight is 1740 g/mol. The molecule has 3 radical (unpaired) electrons. The first-order valence-electron chi connectivity index (χ1n) is 32.7. The third kappa shape index (κ3) is 40.7. The Morgan fingerprint density at radius 2 is 0.898 bits per heavy atom. The molecule has 6 aromatic carbocycles. The molecule has 28 nitrogen and oxygen atoms in total. The summed E-state index contributed by atoms with van der Waals surface area (Å²) in [6.45, 7) is 18.0. The van der Waals surface area contributed by atoms with Gasteiger partial charge in [0.15, 0.2) is 13.5 Å². The normalized spacial score (nSPS) is 11.8. The molecule has 8 aromatic rings. The average Bonchev–Trinajstić information content (AvgIpc) is 1.83. The van der Waals surface area contributed by atoms with Gasteiger partial charge in [0, 0.05) is 36.9 Å². The monoisotopic (exact) mass is 1740 g/mol. The van der Waals surface area contributed by atoms with Crippen molar-refractivity contribution in [3.05, 3.63) is 205 Å². The van der Waals surface area contributed by atoms with Gasteiger partial charge < -0.3 is 70.4 Å². The molecule has 2 aromatic heterocycles. The summed E-state index contributed by atoms with van der Waals surface area (Å²) < 4.78 is 31.1. The van der Waals surface area contributed by atoms with Crippen LogP contribution in [0.1, 0.15) is 100 Å². The number of halogens is 1. The second-order valence-electron chi connectivity index (χ2n) is 25.3. The van der Waals surface area contributed by atoms with Crippen LogP contribution in [0, 0.1) is 11.3 Å². The van der Waals surface area contributed by atoms with Gasteiger partial charge in [-0.3, -0.25) is 29.2 Å². The van der Waals surface area contributed by atoms with E-state index < -0.39 is 52.8 Å². The van der Waals surface area contributed by atoms with Crippen molar-refractivity contribution in [1.29, 1.82) is 5.26 Å². The Morgan fingerprint density at radius 1 is 0.574 bits per heavy atom. The second kappa shape index (κ2) is 53.9. The summed E-state index contributed by atoms with van der Waals surface area (Å²) in [6.07, 6.45) is 8.52. The minimum absolute atomic E-state index is 0. The number of ether oxygens (including phenoxy) is 5. The molecule has 0 saturated carbocycles. The van der Waals surface area contributed by atoms with Gasteiger partial charge in [-0.2, -0.15) is 5.26 Å². The van der Waals surface area contributed by atoms with E-state index in [-0.39, 0.29) is 166 Å². The van der Waals surface area contributed by atoms with Crippen LogP contribution in [0.5, 0.6) is 17.2 Å². The van der Waals surface area contributed by atoms with E-state index in [1.165, 1.54) is 29.2 Å². The van der Waals surface area contributed by atoms with Gasteiger partial charge in [-0.05, 0) is 135 Å². The fraction of sp³-hybridized carbons (Fsp3) is 0.324. The molecule has 108 heavy (non-hydrogen) atoms. The van der Waals surface area contributed by atoms with Crippen LogP contribution in [-0.4, -0.2) is 159 Å². The van der Waals surface area contributed by atoms with E-state index in [1.807, 2.05) is 184 Å². The molecule has 5 N–H and O–H groups in total. The number of benzene rings is 6. The molecular weight excluding hydrogens is 1640 g/mol. The molecule has 0 spiro atoms. The van der Waals surface area contributed by atoms with Crippen LogP contribution in [0.2, 0.25) is 0 Å². The van der Waals surface area contributed by atoms with E-state index in [9.17, 15) is 33.9 Å². The largest absolute Gasteiger partial charge is 1.00 e. The predicted octanol–water partition coefficient (Wildman–Crippen LogP) is 1.88. The van der Waals surface area contributed by atoms with Gasteiger partial charge in [0.25, 0.3) is 28.7 Å². The smallest absolute Gasteiger partial charge is 1.00 e. The molecular formula is C74H92B3ClCs2N13O15. The molecule has 0 fully saturated rings. The maximum absolute atomic E-state index is 12.5. The van der Waals surface area contributed by atoms with E-state index in [1.54, 1.807) is 81.2 Å². The van der Waals surface area contributed by atoms with Gasteiger partial charge in [0.05, 0.1) is 42.7 Å². The van der Waals surface area contributed by atoms with Crippen LogP contribution in [0.25, 0.3) is 28.2 Å². The van der Waals surface area contributed by atoms with Gasteiger partial charge in [-0.1, -0.05) is 145 Å². The van der Waals surface area contributed by atoms with Crippen LogP contribution in [-0.2, 0) is 84.7 Å². The SMILES string of the molecule is C.CC#N.CC(C)(C)OC(=O)[C@H](Cc1ccc(O)cc1)N[B]C=O.CC(C)(C)OC(=O)[C@H](Cc1ccc(OCn2cc(-c3ccccc3)nn2)cc1)N[B]C=O.CN1NN(COc2ccc(C[C@H](N[B]C=O)C(=O)OC(C)(C)C)cc2)C=C1c1ccccc1.ClCn1cc(-c2ccccc2)nn1.O=CO[O-].[Cs+].[Cs+].[H-]. The molecule has 0 amide bonds. The third-order valence-corrected chi connectivity index (χ3v) is 13.6. The number of esters is 3. The summed E-state index contributed by atoms with van der Waals surface area (Å²) in [5.74, 6) is 0.263. The van der Waals surface area contributed by atoms with Crippen molar-refractivity contribution in [2.75, 3.05) is 13.8 Å². The number of phenols is 1. The van der Waals surface area contributed by atoms with Gasteiger partial charge in [0.1, 0.15) is 69.6 Å². The number of alkyl halides is 1. The number of phenolic OH excluding ortho intramolecular Hbond substituents is 1. The van der Waals surface area contributed by atoms with Gasteiger partial charge >= 0.3 is 156 Å². The first-order chi connectivity index (χ1) is 50.1. The molecule has 3 heterocycles. The minimum atomic E-state index is -0.669. The van der Waals surface area contributed by atoms with Gasteiger partial charge in [-0.25, -0.2) is 9.36 Å². The molecule has 1 aliphatic heterocycles. The maximum Gasteiger partial charge on any atom is 1.00 e. The van der Waals surface area contributed by atoms with Gasteiger partial charge in [0.2, 0.25) is 0 Å². The Hall–Kier alpha value is -6.89. The number of aromatic hydroxyl groups is 1. The van der Waals surface area contributed by atoms with Crippen LogP contribution >= 0.6 is 11.6 Å². The molecule has 9 rings (SSSR count). The molecule has 0 bridgehead atoms. The van der Waals surface area contributed by atoms with Crippen molar-refractivity contribution in [3.63, 3.8) is 0 Å². The minimum Gasteiger partial charge on any atom is -1.00 e. The molecule has 561 valence electrons. The molecule has 0 unspecified atom stereocenters. The van der Waals surface area contributed by atoms with Crippen LogP contribution in [0.4, 0.5) is 0 Å². The summed E-state index contributed by atoms with van der Waals surface area (Å²) in [6, 6.07) is 51.3. The zero-order valence-electron chi connectivity index (χ0n) is 63.4. The zero-order valence-corrected chi connectivity index (χ0v) is 75.7. The molecule has 34 heteroatoms. The first kappa shape index (κ1) is 99.1. The number of hydrazine groups is 2. The van der Waals surface area contributed by atoms with E-state index in [0.29, 0.717) is 62.1 Å². The van der Waals surface area contributed by atoms with Crippen LogP contribution in [0.15, 0.2) is 182 Å². The predicted molar refractivity (Wildman–Crippen MR) is 404 cm³/mol. The Kier molecular flexibility index (Phi) is 49.4.